The number of aliphatic hydroxyl groups is 2. The van der Waals surface area contributed by atoms with Crippen LogP contribution in [0.25, 0.3) is 11.1 Å². The summed E-state index contributed by atoms with van der Waals surface area (Å²) in [6.07, 6.45) is 2.93. The van der Waals surface area contributed by atoms with Gasteiger partial charge in [-0.15, -0.1) is 0 Å². The number of hydrogen-bond acceptors (Lipinski definition) is 2. The Morgan fingerprint density at radius 3 is 0.952 bits per heavy atom. The molecule has 2 atom stereocenters. The van der Waals surface area contributed by atoms with Crippen LogP contribution in [0.4, 0.5) is 0 Å². The lowest BCUT2D eigenvalue weighted by atomic mass is 9.96. The fourth-order valence-electron chi connectivity index (χ4n) is 4.90. The van der Waals surface area contributed by atoms with Crippen molar-refractivity contribution in [2.24, 2.45) is 0 Å². The van der Waals surface area contributed by atoms with E-state index < -0.39 is 12.2 Å². The van der Waals surface area contributed by atoms with E-state index in [0.717, 1.165) is 33.4 Å². The van der Waals surface area contributed by atoms with Crippen LogP contribution in [0.5, 0.6) is 0 Å². The number of fused-ring (bicyclic) bond motifs is 2. The molecule has 0 saturated carbocycles. The average Bonchev–Trinajstić information content (AvgIpc) is 3.58. The minimum Gasteiger partial charge on any atom is -0.384 e. The summed E-state index contributed by atoms with van der Waals surface area (Å²) in [5, 5.41) is 20.1. The molecule has 2 aliphatic rings. The maximum Gasteiger partial charge on any atom is 0.0986 e. The molecule has 0 amide bonds. The van der Waals surface area contributed by atoms with Gasteiger partial charge in [0.2, 0.25) is 0 Å². The first kappa shape index (κ1) is 36.3. The Hall–Kier alpha value is -3.72. The predicted octanol–water partition coefficient (Wildman–Crippen LogP) is 11.1. The van der Waals surface area contributed by atoms with Crippen LogP contribution in [0, 0.1) is 13.8 Å². The van der Waals surface area contributed by atoms with Crippen molar-refractivity contribution in [2.75, 3.05) is 0 Å². The molecule has 2 heteroatoms. The van der Waals surface area contributed by atoms with Gasteiger partial charge in [0.05, 0.1) is 12.2 Å². The highest BCUT2D eigenvalue weighted by Crippen LogP contribution is 2.40. The van der Waals surface area contributed by atoms with Gasteiger partial charge < -0.3 is 10.2 Å². The number of aliphatic hydroxyl groups excluding tert-OH is 2. The van der Waals surface area contributed by atoms with E-state index in [4.69, 9.17) is 0 Å². The van der Waals surface area contributed by atoms with Crippen LogP contribution in [0.3, 0.4) is 0 Å². The van der Waals surface area contributed by atoms with Gasteiger partial charge in [-0.25, -0.2) is 0 Å². The van der Waals surface area contributed by atoms with Gasteiger partial charge in [0.25, 0.3) is 0 Å². The second kappa shape index (κ2) is 19.4. The molecular formula is C40H52O2. The summed E-state index contributed by atoms with van der Waals surface area (Å²) >= 11 is 0. The fraction of sp³-hybridized carbons (Fsp3) is 0.300. The van der Waals surface area contributed by atoms with E-state index in [-0.39, 0.29) is 0 Å². The van der Waals surface area contributed by atoms with Crippen LogP contribution in [0.2, 0.25) is 0 Å². The van der Waals surface area contributed by atoms with E-state index >= 15 is 0 Å². The molecule has 0 aliphatic heterocycles. The van der Waals surface area contributed by atoms with E-state index in [1.165, 1.54) is 22.3 Å². The van der Waals surface area contributed by atoms with Gasteiger partial charge in [-0.1, -0.05) is 152 Å². The molecule has 0 bridgehead atoms. The molecule has 0 saturated heterocycles. The molecule has 42 heavy (non-hydrogen) atoms. The Morgan fingerprint density at radius 1 is 0.381 bits per heavy atom. The lowest BCUT2D eigenvalue weighted by Crippen LogP contribution is -1.90. The van der Waals surface area contributed by atoms with E-state index in [2.05, 4.69) is 50.2 Å². The zero-order valence-corrected chi connectivity index (χ0v) is 27.4. The standard InChI is InChI=1S/2C16H14O.4C2H6/c2*1-11-6-2-3-7-12(11)15-10-16(17)14-9-5-4-8-13(14)15;4*1-2/h2*2-10,16-17H,1H3;4*1-2H3/t2*16-;;;;/m10..../s1. The lowest BCUT2D eigenvalue weighted by Gasteiger charge is -2.08. The highest BCUT2D eigenvalue weighted by molar-refractivity contribution is 5.87. The maximum atomic E-state index is 10.0. The largest absolute Gasteiger partial charge is 0.384 e. The second-order valence-corrected chi connectivity index (χ2v) is 8.85. The molecule has 6 rings (SSSR count). The highest BCUT2D eigenvalue weighted by atomic mass is 16.3. The van der Waals surface area contributed by atoms with Crippen LogP contribution in [-0.2, 0) is 0 Å². The van der Waals surface area contributed by atoms with Crippen LogP contribution in [0.15, 0.2) is 109 Å². The summed E-state index contributed by atoms with van der Waals surface area (Å²) in [6.45, 7) is 20.2. The van der Waals surface area contributed by atoms with Crippen molar-refractivity contribution in [1.29, 1.82) is 0 Å². The molecule has 2 aliphatic carbocycles. The molecule has 0 heterocycles. The summed E-state index contributed by atoms with van der Waals surface area (Å²) in [6, 6.07) is 32.7. The third-order valence-corrected chi connectivity index (χ3v) is 6.66. The molecule has 0 spiro atoms. The molecule has 2 N–H and O–H groups in total. The smallest absolute Gasteiger partial charge is 0.0986 e. The lowest BCUT2D eigenvalue weighted by molar-refractivity contribution is 0.231. The van der Waals surface area contributed by atoms with Gasteiger partial charge >= 0.3 is 0 Å². The van der Waals surface area contributed by atoms with Gasteiger partial charge in [-0.2, -0.15) is 0 Å². The van der Waals surface area contributed by atoms with Gasteiger partial charge in [0.1, 0.15) is 0 Å². The molecular weight excluding hydrogens is 512 g/mol. The van der Waals surface area contributed by atoms with Crippen molar-refractivity contribution in [2.45, 2.75) is 81.4 Å². The quantitative estimate of drug-likeness (QED) is 0.254. The zero-order valence-electron chi connectivity index (χ0n) is 27.4. The minimum atomic E-state index is -0.471. The van der Waals surface area contributed by atoms with Crippen molar-refractivity contribution in [3.05, 3.63) is 154 Å². The van der Waals surface area contributed by atoms with Gasteiger partial charge in [0, 0.05) is 0 Å². The van der Waals surface area contributed by atoms with E-state index in [1.807, 2.05) is 128 Å². The van der Waals surface area contributed by atoms with Crippen LogP contribution in [0.1, 0.15) is 112 Å². The number of rotatable bonds is 2. The Balaban J connectivity index is 0.000000340. The predicted molar refractivity (Wildman–Crippen MR) is 185 cm³/mol. The molecule has 4 aromatic rings. The highest BCUT2D eigenvalue weighted by Gasteiger charge is 2.23. The SMILES string of the molecule is CC.CC.CC.CC.Cc1ccccc1C1=C[C@@H](O)c2ccccc21.Cc1ccccc1C1=C[C@H](O)c2ccccc21. The Labute approximate surface area is 256 Å². The van der Waals surface area contributed by atoms with Crippen molar-refractivity contribution < 1.29 is 10.2 Å². The first-order valence-corrected chi connectivity index (χ1v) is 15.6. The number of aryl methyl sites for hydroxylation is 2. The third kappa shape index (κ3) is 8.64. The fourth-order valence-corrected chi connectivity index (χ4v) is 4.90. The second-order valence-electron chi connectivity index (χ2n) is 8.85. The summed E-state index contributed by atoms with van der Waals surface area (Å²) in [5.41, 5.74) is 11.5. The monoisotopic (exact) mass is 564 g/mol. The van der Waals surface area contributed by atoms with Crippen molar-refractivity contribution in [3.8, 4) is 0 Å². The Kier molecular flexibility index (Phi) is 16.8. The first-order valence-electron chi connectivity index (χ1n) is 15.6. The van der Waals surface area contributed by atoms with Gasteiger partial charge in [0.15, 0.2) is 0 Å². The minimum absolute atomic E-state index is 0.471. The summed E-state index contributed by atoms with van der Waals surface area (Å²) in [7, 11) is 0. The molecule has 0 radical (unpaired) electrons. The van der Waals surface area contributed by atoms with E-state index in [9.17, 15) is 10.2 Å². The Morgan fingerprint density at radius 2 is 0.643 bits per heavy atom. The molecule has 4 aromatic carbocycles. The first-order chi connectivity index (χ1) is 20.5. The third-order valence-electron chi connectivity index (χ3n) is 6.66. The van der Waals surface area contributed by atoms with Crippen molar-refractivity contribution >= 4 is 11.1 Å². The van der Waals surface area contributed by atoms with Crippen LogP contribution in [-0.4, -0.2) is 10.2 Å². The number of hydrogen-bond donors (Lipinski definition) is 2. The normalized spacial score (nSPS) is 15.0. The maximum absolute atomic E-state index is 10.0. The molecule has 224 valence electrons. The molecule has 2 nitrogen and oxygen atoms in total. The molecule has 0 fully saturated rings. The van der Waals surface area contributed by atoms with Gasteiger partial charge in [-0.05, 0) is 81.7 Å². The molecule has 0 aromatic heterocycles. The van der Waals surface area contributed by atoms with E-state index in [1.54, 1.807) is 0 Å². The summed E-state index contributed by atoms with van der Waals surface area (Å²) in [5.74, 6) is 0. The average molecular weight is 565 g/mol. The van der Waals surface area contributed by atoms with Gasteiger partial charge in [-0.3, -0.25) is 0 Å². The Bertz CT molecular complexity index is 1300. The number of benzene rings is 4. The zero-order chi connectivity index (χ0) is 31.7. The van der Waals surface area contributed by atoms with Crippen molar-refractivity contribution in [1.82, 2.24) is 0 Å². The summed E-state index contributed by atoms with van der Waals surface area (Å²) < 4.78 is 0. The van der Waals surface area contributed by atoms with Crippen molar-refractivity contribution in [3.63, 3.8) is 0 Å². The van der Waals surface area contributed by atoms with Crippen LogP contribution >= 0.6 is 0 Å². The van der Waals surface area contributed by atoms with Crippen LogP contribution < -0.4 is 0 Å². The van der Waals surface area contributed by atoms with E-state index in [0.29, 0.717) is 0 Å². The summed E-state index contributed by atoms with van der Waals surface area (Å²) in [4.78, 5) is 0. The molecule has 0 unspecified atom stereocenters. The topological polar surface area (TPSA) is 40.5 Å².